The zero-order valence-electron chi connectivity index (χ0n) is 10.2. The van der Waals surface area contributed by atoms with E-state index in [1.165, 1.54) is 0 Å². The molecule has 8 nitrogen and oxygen atoms in total. The van der Waals surface area contributed by atoms with Crippen molar-refractivity contribution in [2.24, 2.45) is 5.73 Å². The molecule has 3 atom stereocenters. The molecule has 5 N–H and O–H groups in total. The molecule has 1 saturated heterocycles. The van der Waals surface area contributed by atoms with E-state index < -0.39 is 12.6 Å². The highest BCUT2D eigenvalue weighted by atomic mass is 16.6. The van der Waals surface area contributed by atoms with Gasteiger partial charge in [-0.2, -0.15) is 0 Å². The zero-order valence-corrected chi connectivity index (χ0v) is 10.2. The third-order valence-electron chi connectivity index (χ3n) is 3.08. The standard InChI is InChI=1S/C11H16N4O4/c12-3-6-4-15(11(17)19-6)8-2-1-7-10(13-8)14-9(16)5-18-7/h1-2,6,9,11,16-17H,3-5,12H2,(H,13,14)/t6-,9?,11?/m0/s1. The van der Waals surface area contributed by atoms with Crippen molar-refractivity contribution in [1.29, 1.82) is 0 Å². The Balaban J connectivity index is 1.84. The van der Waals surface area contributed by atoms with Crippen LogP contribution in [-0.2, 0) is 4.74 Å². The number of fused-ring (bicyclic) bond motifs is 1. The molecule has 0 saturated carbocycles. The average molecular weight is 268 g/mol. The van der Waals surface area contributed by atoms with Gasteiger partial charge < -0.3 is 35.6 Å². The molecule has 2 aliphatic heterocycles. The number of pyridine rings is 1. The molecule has 0 bridgehead atoms. The molecular weight excluding hydrogens is 252 g/mol. The molecule has 3 rings (SSSR count). The highest BCUT2D eigenvalue weighted by Crippen LogP contribution is 2.31. The minimum atomic E-state index is -1.06. The van der Waals surface area contributed by atoms with Crippen molar-refractivity contribution < 1.29 is 19.7 Å². The second-order valence-electron chi connectivity index (χ2n) is 4.46. The van der Waals surface area contributed by atoms with E-state index in [1.54, 1.807) is 17.0 Å². The first kappa shape index (κ1) is 12.4. The summed E-state index contributed by atoms with van der Waals surface area (Å²) in [6.45, 7) is 0.976. The van der Waals surface area contributed by atoms with Gasteiger partial charge in [0.25, 0.3) is 0 Å². The van der Waals surface area contributed by atoms with Crippen molar-refractivity contribution in [1.82, 2.24) is 4.98 Å². The van der Waals surface area contributed by atoms with Crippen LogP contribution in [-0.4, -0.2) is 53.6 Å². The Bertz CT molecular complexity index is 472. The SMILES string of the molecule is NC[C@H]1CN(c2ccc3c(n2)NC(O)CO3)C(O)O1. The molecule has 1 aromatic rings. The second kappa shape index (κ2) is 4.82. The molecule has 104 valence electrons. The van der Waals surface area contributed by atoms with Crippen LogP contribution in [0.4, 0.5) is 11.6 Å². The van der Waals surface area contributed by atoms with Crippen LogP contribution < -0.4 is 20.7 Å². The Kier molecular flexibility index (Phi) is 3.15. The molecule has 0 amide bonds. The van der Waals surface area contributed by atoms with Crippen LogP contribution in [0.25, 0.3) is 0 Å². The summed E-state index contributed by atoms with van der Waals surface area (Å²) in [4.78, 5) is 5.91. The molecule has 2 aliphatic rings. The fourth-order valence-corrected chi connectivity index (χ4v) is 2.12. The van der Waals surface area contributed by atoms with E-state index in [9.17, 15) is 10.2 Å². The van der Waals surface area contributed by atoms with Crippen LogP contribution in [0, 0.1) is 0 Å². The first-order valence-electron chi connectivity index (χ1n) is 6.06. The van der Waals surface area contributed by atoms with Gasteiger partial charge in [-0.25, -0.2) is 4.98 Å². The lowest BCUT2D eigenvalue weighted by Gasteiger charge is -2.25. The van der Waals surface area contributed by atoms with Gasteiger partial charge in [-0.15, -0.1) is 0 Å². The van der Waals surface area contributed by atoms with Crippen molar-refractivity contribution >= 4 is 11.6 Å². The van der Waals surface area contributed by atoms with Gasteiger partial charge in [0.15, 0.2) is 17.8 Å². The van der Waals surface area contributed by atoms with Crippen LogP contribution in [0.2, 0.25) is 0 Å². The van der Waals surface area contributed by atoms with Crippen LogP contribution in [0.15, 0.2) is 12.1 Å². The van der Waals surface area contributed by atoms with Gasteiger partial charge in [-0.1, -0.05) is 0 Å². The summed E-state index contributed by atoms with van der Waals surface area (Å²) in [6.07, 6.45) is -2.07. The number of nitrogens with one attached hydrogen (secondary N) is 1. The largest absolute Gasteiger partial charge is 0.485 e. The number of ether oxygens (including phenoxy) is 2. The Hall–Kier alpha value is -1.61. The summed E-state index contributed by atoms with van der Waals surface area (Å²) in [5, 5.41) is 22.1. The van der Waals surface area contributed by atoms with Gasteiger partial charge in [0.1, 0.15) is 12.4 Å². The van der Waals surface area contributed by atoms with Gasteiger partial charge in [0, 0.05) is 6.54 Å². The normalized spacial score (nSPS) is 29.6. The summed E-state index contributed by atoms with van der Waals surface area (Å²) in [5.41, 5.74) is 5.52. The minimum absolute atomic E-state index is 0.179. The Labute approximate surface area is 109 Å². The van der Waals surface area contributed by atoms with Gasteiger partial charge in [-0.3, -0.25) is 0 Å². The van der Waals surface area contributed by atoms with Crippen molar-refractivity contribution in [2.45, 2.75) is 18.7 Å². The topological polar surface area (TPSA) is 113 Å². The Morgan fingerprint density at radius 1 is 1.47 bits per heavy atom. The van der Waals surface area contributed by atoms with E-state index in [1.807, 2.05) is 0 Å². The number of anilines is 2. The number of nitrogens with zero attached hydrogens (tertiary/aromatic N) is 2. The quantitative estimate of drug-likeness (QED) is 0.520. The van der Waals surface area contributed by atoms with Crippen LogP contribution in [0.1, 0.15) is 0 Å². The second-order valence-corrected chi connectivity index (χ2v) is 4.46. The van der Waals surface area contributed by atoms with E-state index >= 15 is 0 Å². The summed E-state index contributed by atoms with van der Waals surface area (Å²) in [7, 11) is 0. The fourth-order valence-electron chi connectivity index (χ4n) is 2.12. The summed E-state index contributed by atoms with van der Waals surface area (Å²) in [5.74, 6) is 1.55. The van der Waals surface area contributed by atoms with E-state index in [0.717, 1.165) is 0 Å². The molecule has 0 radical (unpaired) electrons. The maximum absolute atomic E-state index is 9.81. The summed E-state index contributed by atoms with van der Waals surface area (Å²) >= 11 is 0. The van der Waals surface area contributed by atoms with E-state index in [0.29, 0.717) is 30.5 Å². The van der Waals surface area contributed by atoms with Crippen LogP contribution in [0.3, 0.4) is 0 Å². The Morgan fingerprint density at radius 3 is 3.05 bits per heavy atom. The molecule has 19 heavy (non-hydrogen) atoms. The van der Waals surface area contributed by atoms with E-state index in [-0.39, 0.29) is 12.7 Å². The predicted molar refractivity (Wildman–Crippen MR) is 66.6 cm³/mol. The predicted octanol–water partition coefficient (Wildman–Crippen LogP) is -1.36. The highest BCUT2D eigenvalue weighted by molar-refractivity contribution is 5.58. The smallest absolute Gasteiger partial charge is 0.239 e. The van der Waals surface area contributed by atoms with Crippen molar-refractivity contribution in [3.05, 3.63) is 12.1 Å². The van der Waals surface area contributed by atoms with Gasteiger partial charge in [0.05, 0.1) is 12.6 Å². The maximum atomic E-state index is 9.81. The van der Waals surface area contributed by atoms with Gasteiger partial charge in [0.2, 0.25) is 6.41 Å². The molecule has 8 heteroatoms. The number of nitrogens with two attached hydrogens (primary N) is 1. The van der Waals surface area contributed by atoms with Gasteiger partial charge in [-0.05, 0) is 12.1 Å². The molecule has 0 aliphatic carbocycles. The third kappa shape index (κ3) is 2.30. The molecule has 1 fully saturated rings. The van der Waals surface area contributed by atoms with E-state index in [4.69, 9.17) is 15.2 Å². The number of rotatable bonds is 2. The average Bonchev–Trinajstić information content (AvgIpc) is 2.79. The number of hydrogen-bond donors (Lipinski definition) is 4. The molecule has 1 aromatic heterocycles. The van der Waals surface area contributed by atoms with Gasteiger partial charge >= 0.3 is 0 Å². The maximum Gasteiger partial charge on any atom is 0.239 e. The summed E-state index contributed by atoms with van der Waals surface area (Å²) < 4.78 is 10.6. The summed E-state index contributed by atoms with van der Waals surface area (Å²) in [6, 6.07) is 3.46. The highest BCUT2D eigenvalue weighted by Gasteiger charge is 2.32. The van der Waals surface area contributed by atoms with Crippen LogP contribution >= 0.6 is 0 Å². The lowest BCUT2D eigenvalue weighted by Crippen LogP contribution is -2.34. The lowest BCUT2D eigenvalue weighted by molar-refractivity contribution is -0.0857. The molecule has 0 aromatic carbocycles. The lowest BCUT2D eigenvalue weighted by atomic mass is 10.3. The number of aliphatic hydroxyl groups is 2. The van der Waals surface area contributed by atoms with Crippen molar-refractivity contribution in [2.75, 3.05) is 29.9 Å². The number of hydrogen-bond acceptors (Lipinski definition) is 8. The monoisotopic (exact) mass is 268 g/mol. The fraction of sp³-hybridized carbons (Fsp3) is 0.545. The molecule has 2 unspecified atom stereocenters. The first-order chi connectivity index (χ1) is 9.17. The van der Waals surface area contributed by atoms with Crippen LogP contribution in [0.5, 0.6) is 5.75 Å². The minimum Gasteiger partial charge on any atom is -0.485 e. The number of aromatic nitrogens is 1. The first-order valence-corrected chi connectivity index (χ1v) is 6.06. The molecule has 0 spiro atoms. The third-order valence-corrected chi connectivity index (χ3v) is 3.08. The zero-order chi connectivity index (χ0) is 13.4. The van der Waals surface area contributed by atoms with Crippen molar-refractivity contribution in [3.8, 4) is 5.75 Å². The Morgan fingerprint density at radius 2 is 2.32 bits per heavy atom. The van der Waals surface area contributed by atoms with E-state index in [2.05, 4.69) is 10.3 Å². The number of aliphatic hydroxyl groups excluding tert-OH is 2. The van der Waals surface area contributed by atoms with Crippen molar-refractivity contribution in [3.63, 3.8) is 0 Å². The molecule has 3 heterocycles. The molecular formula is C11H16N4O4.